The van der Waals surface area contributed by atoms with Crippen LogP contribution in [0.2, 0.25) is 0 Å². The molecule has 1 aliphatic carbocycles. The molecule has 0 radical (unpaired) electrons. The summed E-state index contributed by atoms with van der Waals surface area (Å²) in [5.74, 6) is 0.0674. The van der Waals surface area contributed by atoms with Gasteiger partial charge in [0, 0.05) is 25.6 Å². The summed E-state index contributed by atoms with van der Waals surface area (Å²) in [4.78, 5) is 12.2. The number of fused-ring (bicyclic) bond motifs is 1. The van der Waals surface area contributed by atoms with Gasteiger partial charge in [0.2, 0.25) is 5.91 Å². The molecule has 0 aromatic heterocycles. The maximum absolute atomic E-state index is 12.2. The van der Waals surface area contributed by atoms with E-state index < -0.39 is 6.10 Å². The van der Waals surface area contributed by atoms with E-state index in [1.807, 2.05) is 24.3 Å². The van der Waals surface area contributed by atoms with Crippen LogP contribution in [-0.4, -0.2) is 30.3 Å². The van der Waals surface area contributed by atoms with Crippen LogP contribution in [0.1, 0.15) is 30.0 Å². The minimum Gasteiger partial charge on any atom is -0.390 e. The van der Waals surface area contributed by atoms with Gasteiger partial charge in [-0.25, -0.2) is 0 Å². The maximum Gasteiger partial charge on any atom is 0.223 e. The van der Waals surface area contributed by atoms with Gasteiger partial charge in [0.15, 0.2) is 0 Å². The topological polar surface area (TPSA) is 58.6 Å². The zero-order valence-electron chi connectivity index (χ0n) is 10.8. The molecule has 4 nitrogen and oxygen atoms in total. The number of aliphatic hydroxyl groups excluding tert-OH is 1. The van der Waals surface area contributed by atoms with Gasteiger partial charge >= 0.3 is 0 Å². The molecule has 4 heteroatoms. The summed E-state index contributed by atoms with van der Waals surface area (Å²) in [6, 6.07) is 7.66. The number of rotatable bonds is 2. The predicted octanol–water partition coefficient (Wildman–Crippen LogP) is 1.19. The summed E-state index contributed by atoms with van der Waals surface area (Å²) in [7, 11) is 0. The van der Waals surface area contributed by atoms with Crippen molar-refractivity contribution in [2.45, 2.75) is 31.4 Å². The van der Waals surface area contributed by atoms with Crippen molar-refractivity contribution in [3.8, 4) is 0 Å². The van der Waals surface area contributed by atoms with E-state index in [9.17, 15) is 9.90 Å². The molecule has 2 atom stereocenters. The van der Waals surface area contributed by atoms with Crippen molar-refractivity contribution in [2.75, 3.05) is 13.2 Å². The summed E-state index contributed by atoms with van der Waals surface area (Å²) < 4.78 is 5.27. The number of hydrogen-bond donors (Lipinski definition) is 2. The lowest BCUT2D eigenvalue weighted by atomic mass is 9.98. The molecule has 1 fully saturated rings. The number of nitrogens with one attached hydrogen (secondary N) is 1. The zero-order chi connectivity index (χ0) is 13.2. The van der Waals surface area contributed by atoms with Crippen LogP contribution in [0.15, 0.2) is 24.3 Å². The zero-order valence-corrected chi connectivity index (χ0v) is 10.8. The van der Waals surface area contributed by atoms with Crippen LogP contribution < -0.4 is 5.32 Å². The van der Waals surface area contributed by atoms with Crippen LogP contribution in [0.3, 0.4) is 0 Å². The molecule has 1 aliphatic heterocycles. The summed E-state index contributed by atoms with van der Waals surface area (Å²) in [5.41, 5.74) is 2.18. The van der Waals surface area contributed by atoms with E-state index in [1.54, 1.807) is 0 Å². The number of carbonyl (C=O) groups excluding carboxylic acids is 1. The lowest BCUT2D eigenvalue weighted by molar-refractivity contribution is -0.129. The fourth-order valence-corrected chi connectivity index (χ4v) is 2.98. The van der Waals surface area contributed by atoms with E-state index in [0.717, 1.165) is 24.0 Å². The van der Waals surface area contributed by atoms with Crippen LogP contribution in [0.5, 0.6) is 0 Å². The Bertz CT molecular complexity index is 468. The summed E-state index contributed by atoms with van der Waals surface area (Å²) in [6.07, 6.45) is 1.66. The van der Waals surface area contributed by atoms with E-state index in [2.05, 4.69) is 5.32 Å². The average Bonchev–Trinajstić information content (AvgIpc) is 2.76. The second kappa shape index (κ2) is 5.31. The van der Waals surface area contributed by atoms with E-state index in [1.165, 1.54) is 0 Å². The molecule has 19 heavy (non-hydrogen) atoms. The average molecular weight is 261 g/mol. The molecule has 0 bridgehead atoms. The summed E-state index contributed by atoms with van der Waals surface area (Å²) in [6.45, 7) is 1.31. The molecule has 102 valence electrons. The van der Waals surface area contributed by atoms with Crippen LogP contribution >= 0.6 is 0 Å². The number of ether oxygens (including phenoxy) is 1. The van der Waals surface area contributed by atoms with Crippen molar-refractivity contribution in [1.29, 1.82) is 0 Å². The maximum atomic E-state index is 12.2. The Morgan fingerprint density at radius 1 is 1.26 bits per heavy atom. The number of amides is 1. The standard InChI is InChI=1S/C15H19NO3/c17-13-9-11-3-1-2-4-12(11)14(13)16-15(18)10-5-7-19-8-6-10/h1-4,10,13-14,17H,5-9H2,(H,16,18)/t13-,14-/m1/s1. The first-order valence-corrected chi connectivity index (χ1v) is 6.89. The first-order chi connectivity index (χ1) is 9.25. The highest BCUT2D eigenvalue weighted by Gasteiger charge is 2.33. The van der Waals surface area contributed by atoms with Gasteiger partial charge in [-0.1, -0.05) is 24.3 Å². The van der Waals surface area contributed by atoms with Crippen molar-refractivity contribution in [1.82, 2.24) is 5.32 Å². The third kappa shape index (κ3) is 2.51. The van der Waals surface area contributed by atoms with Gasteiger partial charge in [-0.2, -0.15) is 0 Å². The van der Waals surface area contributed by atoms with Crippen LogP contribution in [0.25, 0.3) is 0 Å². The quantitative estimate of drug-likeness (QED) is 0.840. The fraction of sp³-hybridized carbons (Fsp3) is 0.533. The van der Waals surface area contributed by atoms with Crippen LogP contribution in [-0.2, 0) is 16.0 Å². The number of carbonyl (C=O) groups is 1. The Labute approximate surface area is 112 Å². The van der Waals surface area contributed by atoms with Gasteiger partial charge in [-0.3, -0.25) is 4.79 Å². The fourth-order valence-electron chi connectivity index (χ4n) is 2.98. The molecule has 0 spiro atoms. The van der Waals surface area contributed by atoms with Crippen molar-refractivity contribution in [2.24, 2.45) is 5.92 Å². The Morgan fingerprint density at radius 3 is 2.79 bits per heavy atom. The second-order valence-corrected chi connectivity index (χ2v) is 5.34. The highest BCUT2D eigenvalue weighted by Crippen LogP contribution is 2.31. The molecule has 2 N–H and O–H groups in total. The van der Waals surface area contributed by atoms with Gasteiger partial charge in [0.05, 0.1) is 12.1 Å². The van der Waals surface area contributed by atoms with Crippen molar-refractivity contribution >= 4 is 5.91 Å². The monoisotopic (exact) mass is 261 g/mol. The molecule has 1 saturated heterocycles. The third-order valence-corrected chi connectivity index (χ3v) is 4.09. The van der Waals surface area contributed by atoms with E-state index in [-0.39, 0.29) is 17.9 Å². The SMILES string of the molecule is O=C(N[C@@H]1c2ccccc2C[C@H]1O)C1CCOCC1. The Hall–Kier alpha value is -1.39. The molecule has 1 aromatic carbocycles. The van der Waals surface area contributed by atoms with Gasteiger partial charge < -0.3 is 15.2 Å². The highest BCUT2D eigenvalue weighted by atomic mass is 16.5. The second-order valence-electron chi connectivity index (χ2n) is 5.34. The van der Waals surface area contributed by atoms with E-state index in [4.69, 9.17) is 4.74 Å². The molecule has 1 aromatic rings. The molecule has 0 saturated carbocycles. The number of aliphatic hydroxyl groups is 1. The van der Waals surface area contributed by atoms with E-state index in [0.29, 0.717) is 19.6 Å². The minimum absolute atomic E-state index is 0.0220. The largest absolute Gasteiger partial charge is 0.390 e. The molecule has 3 rings (SSSR count). The molecule has 1 heterocycles. The molecule has 0 unspecified atom stereocenters. The Kier molecular flexibility index (Phi) is 3.53. The summed E-state index contributed by atoms with van der Waals surface area (Å²) in [5, 5.41) is 13.1. The normalized spacial score (nSPS) is 27.0. The third-order valence-electron chi connectivity index (χ3n) is 4.09. The van der Waals surface area contributed by atoms with Gasteiger partial charge in [0.1, 0.15) is 0 Å². The lowest BCUT2D eigenvalue weighted by Gasteiger charge is -2.25. The minimum atomic E-state index is -0.513. The van der Waals surface area contributed by atoms with Gasteiger partial charge in [-0.05, 0) is 24.0 Å². The van der Waals surface area contributed by atoms with Crippen LogP contribution in [0, 0.1) is 5.92 Å². The Balaban J connectivity index is 1.71. The number of hydrogen-bond acceptors (Lipinski definition) is 3. The highest BCUT2D eigenvalue weighted by molar-refractivity contribution is 5.79. The lowest BCUT2D eigenvalue weighted by Crippen LogP contribution is -2.39. The van der Waals surface area contributed by atoms with E-state index >= 15 is 0 Å². The Morgan fingerprint density at radius 2 is 2.00 bits per heavy atom. The van der Waals surface area contributed by atoms with Gasteiger partial charge in [0.25, 0.3) is 0 Å². The first kappa shape index (κ1) is 12.6. The van der Waals surface area contributed by atoms with Crippen molar-refractivity contribution in [3.63, 3.8) is 0 Å². The molecule has 1 amide bonds. The molecule has 2 aliphatic rings. The summed E-state index contributed by atoms with van der Waals surface area (Å²) >= 11 is 0. The van der Waals surface area contributed by atoms with Crippen LogP contribution in [0.4, 0.5) is 0 Å². The van der Waals surface area contributed by atoms with Crippen molar-refractivity contribution in [3.05, 3.63) is 35.4 Å². The molecular weight excluding hydrogens is 242 g/mol. The first-order valence-electron chi connectivity index (χ1n) is 6.89. The van der Waals surface area contributed by atoms with Gasteiger partial charge in [-0.15, -0.1) is 0 Å². The van der Waals surface area contributed by atoms with Crippen molar-refractivity contribution < 1.29 is 14.6 Å². The molecular formula is C15H19NO3. The smallest absolute Gasteiger partial charge is 0.223 e. The number of benzene rings is 1. The predicted molar refractivity (Wildman–Crippen MR) is 70.6 cm³/mol.